The van der Waals surface area contributed by atoms with Crippen LogP contribution >= 0.6 is 11.8 Å². The number of thioether (sulfide) groups is 1. The third-order valence-corrected chi connectivity index (χ3v) is 3.85. The van der Waals surface area contributed by atoms with Gasteiger partial charge in [-0.05, 0) is 16.5 Å². The van der Waals surface area contributed by atoms with Crippen LogP contribution in [0.25, 0.3) is 0 Å². The number of carbonyl (C=O) groups is 1. The molecule has 106 valence electrons. The lowest BCUT2D eigenvalue weighted by Gasteiger charge is -2.21. The second-order valence-corrected chi connectivity index (χ2v) is 6.88. The molecule has 0 aromatic heterocycles. The number of hydrogen-bond acceptors (Lipinski definition) is 4. The maximum absolute atomic E-state index is 10.8. The van der Waals surface area contributed by atoms with Crippen LogP contribution in [0, 0.1) is 0 Å². The number of hydrogen-bond donors (Lipinski definition) is 2. The Morgan fingerprint density at radius 3 is 2.16 bits per heavy atom. The maximum atomic E-state index is 10.8. The zero-order valence-corrected chi connectivity index (χ0v) is 12.7. The predicted molar refractivity (Wildman–Crippen MR) is 79.2 cm³/mol. The van der Waals surface area contributed by atoms with Gasteiger partial charge in [-0.3, -0.25) is 4.79 Å². The van der Waals surface area contributed by atoms with Gasteiger partial charge in [0.05, 0.1) is 6.10 Å². The molecule has 2 N–H and O–H groups in total. The summed E-state index contributed by atoms with van der Waals surface area (Å²) in [6.45, 7) is 7.81. The Kier molecular flexibility index (Phi) is 5.59. The van der Waals surface area contributed by atoms with Crippen LogP contribution in [-0.2, 0) is 10.2 Å². The second-order valence-electron chi connectivity index (χ2n) is 5.69. The highest BCUT2D eigenvalue weighted by molar-refractivity contribution is 8.13. The molecule has 2 atom stereocenters. The minimum absolute atomic E-state index is 0.0608. The fourth-order valence-corrected chi connectivity index (χ4v) is 2.28. The maximum Gasteiger partial charge on any atom is 0.185 e. The summed E-state index contributed by atoms with van der Waals surface area (Å²) in [5.74, 6) is 0.206. The number of benzene rings is 1. The van der Waals surface area contributed by atoms with E-state index in [4.69, 9.17) is 0 Å². The van der Waals surface area contributed by atoms with Crippen molar-refractivity contribution in [2.45, 2.75) is 45.3 Å². The van der Waals surface area contributed by atoms with Crippen molar-refractivity contribution in [3.05, 3.63) is 35.4 Å². The summed E-state index contributed by atoms with van der Waals surface area (Å²) in [6.07, 6.45) is -1.89. The van der Waals surface area contributed by atoms with Crippen LogP contribution < -0.4 is 0 Å². The number of carbonyl (C=O) groups excluding carboxylic acids is 1. The highest BCUT2D eigenvalue weighted by Gasteiger charge is 2.20. The van der Waals surface area contributed by atoms with Crippen molar-refractivity contribution in [1.29, 1.82) is 0 Å². The molecular weight excluding hydrogens is 260 g/mol. The minimum atomic E-state index is -0.958. The van der Waals surface area contributed by atoms with E-state index < -0.39 is 12.2 Å². The molecule has 0 aliphatic heterocycles. The van der Waals surface area contributed by atoms with Gasteiger partial charge < -0.3 is 10.2 Å². The summed E-state index contributed by atoms with van der Waals surface area (Å²) in [5, 5.41) is 19.8. The average Bonchev–Trinajstić information content (AvgIpc) is 2.34. The summed E-state index contributed by atoms with van der Waals surface area (Å²) < 4.78 is 0. The standard InChI is InChI=1S/C15H22O3S/c1-10(16)19-9-13(17)14(18)11-5-7-12(8-6-11)15(2,3)4/h5-8,13-14,17-18H,9H2,1-4H3. The van der Waals surface area contributed by atoms with Gasteiger partial charge in [-0.2, -0.15) is 0 Å². The van der Waals surface area contributed by atoms with Crippen LogP contribution in [0.2, 0.25) is 0 Å². The molecule has 0 saturated carbocycles. The van der Waals surface area contributed by atoms with Gasteiger partial charge >= 0.3 is 0 Å². The average molecular weight is 282 g/mol. The van der Waals surface area contributed by atoms with E-state index in [1.54, 1.807) is 0 Å². The molecule has 4 heteroatoms. The highest BCUT2D eigenvalue weighted by atomic mass is 32.2. The fraction of sp³-hybridized carbons (Fsp3) is 0.533. The third kappa shape index (κ3) is 4.97. The molecule has 1 rings (SSSR count). The number of aliphatic hydroxyl groups is 2. The van der Waals surface area contributed by atoms with Gasteiger partial charge in [0.2, 0.25) is 0 Å². The normalized spacial score (nSPS) is 15.1. The van der Waals surface area contributed by atoms with Crippen LogP contribution in [0.4, 0.5) is 0 Å². The Hall–Kier alpha value is -0.840. The Bertz CT molecular complexity index is 420. The van der Waals surface area contributed by atoms with Crippen molar-refractivity contribution in [3.8, 4) is 0 Å². The van der Waals surface area contributed by atoms with Crippen molar-refractivity contribution in [2.24, 2.45) is 0 Å². The van der Waals surface area contributed by atoms with Crippen molar-refractivity contribution in [2.75, 3.05) is 5.75 Å². The zero-order chi connectivity index (χ0) is 14.6. The third-order valence-electron chi connectivity index (χ3n) is 2.94. The smallest absolute Gasteiger partial charge is 0.185 e. The van der Waals surface area contributed by atoms with E-state index in [1.165, 1.54) is 12.5 Å². The fourth-order valence-electron chi connectivity index (χ4n) is 1.70. The van der Waals surface area contributed by atoms with E-state index in [0.29, 0.717) is 5.56 Å². The minimum Gasteiger partial charge on any atom is -0.389 e. The molecule has 0 fully saturated rings. The Labute approximate surface area is 119 Å². The van der Waals surface area contributed by atoms with Crippen LogP contribution in [0.15, 0.2) is 24.3 Å². The molecule has 0 radical (unpaired) electrons. The lowest BCUT2D eigenvalue weighted by atomic mass is 9.86. The van der Waals surface area contributed by atoms with Crippen molar-refractivity contribution < 1.29 is 15.0 Å². The molecule has 1 aromatic rings. The topological polar surface area (TPSA) is 57.5 Å². The highest BCUT2D eigenvalue weighted by Crippen LogP contribution is 2.25. The monoisotopic (exact) mass is 282 g/mol. The molecule has 0 saturated heterocycles. The van der Waals surface area contributed by atoms with Gasteiger partial charge in [0.15, 0.2) is 5.12 Å². The van der Waals surface area contributed by atoms with E-state index in [1.807, 2.05) is 24.3 Å². The SMILES string of the molecule is CC(=O)SCC(O)C(O)c1ccc(C(C)(C)C)cc1. The molecule has 0 aliphatic carbocycles. The zero-order valence-electron chi connectivity index (χ0n) is 11.9. The van der Waals surface area contributed by atoms with Gasteiger partial charge in [0.25, 0.3) is 0 Å². The summed E-state index contributed by atoms with van der Waals surface area (Å²) in [6, 6.07) is 7.58. The van der Waals surface area contributed by atoms with Gasteiger partial charge in [-0.15, -0.1) is 0 Å². The quantitative estimate of drug-likeness (QED) is 0.891. The van der Waals surface area contributed by atoms with Gasteiger partial charge in [0, 0.05) is 12.7 Å². The lowest BCUT2D eigenvalue weighted by molar-refractivity contribution is -0.109. The summed E-state index contributed by atoms with van der Waals surface area (Å²) in [4.78, 5) is 10.8. The molecule has 2 unspecified atom stereocenters. The molecule has 19 heavy (non-hydrogen) atoms. The van der Waals surface area contributed by atoms with Gasteiger partial charge in [-0.1, -0.05) is 56.8 Å². The predicted octanol–water partition coefficient (Wildman–Crippen LogP) is 2.66. The van der Waals surface area contributed by atoms with Crippen molar-refractivity contribution >= 4 is 16.9 Å². The first-order valence-corrected chi connectivity index (χ1v) is 7.30. The first kappa shape index (κ1) is 16.2. The van der Waals surface area contributed by atoms with E-state index in [0.717, 1.165) is 11.8 Å². The van der Waals surface area contributed by atoms with Gasteiger partial charge in [-0.25, -0.2) is 0 Å². The lowest BCUT2D eigenvalue weighted by Crippen LogP contribution is -2.21. The summed E-state index contributed by atoms with van der Waals surface area (Å²) >= 11 is 1.02. The molecule has 0 spiro atoms. The van der Waals surface area contributed by atoms with Crippen LogP contribution in [0.3, 0.4) is 0 Å². The van der Waals surface area contributed by atoms with Crippen molar-refractivity contribution in [3.63, 3.8) is 0 Å². The van der Waals surface area contributed by atoms with E-state index in [-0.39, 0.29) is 16.3 Å². The number of aliphatic hydroxyl groups excluding tert-OH is 2. The first-order valence-electron chi connectivity index (χ1n) is 6.31. The van der Waals surface area contributed by atoms with Crippen LogP contribution in [0.1, 0.15) is 44.9 Å². The van der Waals surface area contributed by atoms with Gasteiger partial charge in [0.1, 0.15) is 6.10 Å². The Balaban J connectivity index is 2.72. The second kappa shape index (κ2) is 6.55. The molecule has 0 bridgehead atoms. The number of rotatable bonds is 4. The Morgan fingerprint density at radius 2 is 1.74 bits per heavy atom. The van der Waals surface area contributed by atoms with Crippen molar-refractivity contribution in [1.82, 2.24) is 0 Å². The molecule has 0 aliphatic rings. The molecular formula is C15H22O3S. The van der Waals surface area contributed by atoms with E-state index in [2.05, 4.69) is 20.8 Å². The molecule has 3 nitrogen and oxygen atoms in total. The summed E-state index contributed by atoms with van der Waals surface area (Å²) in [7, 11) is 0. The first-order chi connectivity index (χ1) is 8.71. The molecule has 0 heterocycles. The Morgan fingerprint density at radius 1 is 1.21 bits per heavy atom. The largest absolute Gasteiger partial charge is 0.389 e. The van der Waals surface area contributed by atoms with E-state index >= 15 is 0 Å². The van der Waals surface area contributed by atoms with Crippen LogP contribution in [-0.4, -0.2) is 27.2 Å². The molecule has 0 amide bonds. The summed E-state index contributed by atoms with van der Waals surface area (Å²) in [5.41, 5.74) is 1.91. The molecule has 1 aromatic carbocycles. The van der Waals surface area contributed by atoms with E-state index in [9.17, 15) is 15.0 Å². The van der Waals surface area contributed by atoms with Crippen LogP contribution in [0.5, 0.6) is 0 Å².